The van der Waals surface area contributed by atoms with Crippen molar-refractivity contribution in [3.63, 3.8) is 0 Å². The minimum Gasteiger partial charge on any atom is -0.393 e. The molecule has 0 saturated carbocycles. The van der Waals surface area contributed by atoms with Crippen LogP contribution in [0.2, 0.25) is 0 Å². The summed E-state index contributed by atoms with van der Waals surface area (Å²) in [6, 6.07) is 1.97. The molecule has 0 radical (unpaired) electrons. The van der Waals surface area contributed by atoms with E-state index in [9.17, 15) is 5.11 Å². The van der Waals surface area contributed by atoms with Gasteiger partial charge in [-0.2, -0.15) is 5.26 Å². The monoisotopic (exact) mass is 257 g/mol. The van der Waals surface area contributed by atoms with Crippen molar-refractivity contribution >= 4 is 0 Å². The summed E-state index contributed by atoms with van der Waals surface area (Å²) in [7, 11) is 0. The fourth-order valence-electron chi connectivity index (χ4n) is 2.69. The fraction of sp³-hybridized carbons (Fsp3) is 0.471. The molecule has 1 atom stereocenters. The van der Waals surface area contributed by atoms with E-state index in [1.165, 1.54) is 17.2 Å². The maximum Gasteiger partial charge on any atom is 0.0912 e. The molecule has 0 amide bonds. The van der Waals surface area contributed by atoms with Crippen LogP contribution in [-0.4, -0.2) is 11.2 Å². The molecule has 0 aromatic carbocycles. The second-order valence-corrected chi connectivity index (χ2v) is 5.87. The molecule has 1 unspecified atom stereocenters. The Morgan fingerprint density at radius 3 is 2.74 bits per heavy atom. The van der Waals surface area contributed by atoms with E-state index < -0.39 is 0 Å². The van der Waals surface area contributed by atoms with Crippen LogP contribution in [0.1, 0.15) is 40.5 Å². The molecular weight excluding hydrogens is 234 g/mol. The molecule has 0 aromatic heterocycles. The van der Waals surface area contributed by atoms with Gasteiger partial charge in [-0.3, -0.25) is 0 Å². The summed E-state index contributed by atoms with van der Waals surface area (Å²) in [4.78, 5) is 0. The molecule has 102 valence electrons. The summed E-state index contributed by atoms with van der Waals surface area (Å²) in [6.07, 6.45) is 10.7. The minimum atomic E-state index is -0.220. The smallest absolute Gasteiger partial charge is 0.0912 e. The van der Waals surface area contributed by atoms with E-state index in [1.54, 1.807) is 6.08 Å². The van der Waals surface area contributed by atoms with Crippen molar-refractivity contribution in [3.8, 4) is 6.07 Å². The van der Waals surface area contributed by atoms with Crippen molar-refractivity contribution < 1.29 is 5.11 Å². The molecule has 0 aromatic rings. The van der Waals surface area contributed by atoms with Crippen LogP contribution in [0, 0.1) is 16.7 Å². The second kappa shape index (κ2) is 6.54. The van der Waals surface area contributed by atoms with Gasteiger partial charge in [-0.15, -0.1) is 0 Å². The van der Waals surface area contributed by atoms with Crippen LogP contribution < -0.4 is 0 Å². The number of hydrogen-bond acceptors (Lipinski definition) is 2. The first-order valence-electron chi connectivity index (χ1n) is 6.66. The van der Waals surface area contributed by atoms with Crippen LogP contribution in [0.15, 0.2) is 47.1 Å². The second-order valence-electron chi connectivity index (χ2n) is 5.87. The van der Waals surface area contributed by atoms with Crippen molar-refractivity contribution in [1.82, 2.24) is 0 Å². The van der Waals surface area contributed by atoms with Crippen LogP contribution in [0.3, 0.4) is 0 Å². The van der Waals surface area contributed by atoms with Crippen LogP contribution in [0.5, 0.6) is 0 Å². The standard InChI is InChI=1S/C17H23NO/c1-13(7-5-6-10-18)8-9-16-14(2)11-15(19)12-17(16,3)4/h5-9,15,19H,11-12H2,1-4H3/b6-5+,9-8+,13-7+. The molecule has 2 nitrogen and oxygen atoms in total. The Labute approximate surface area is 116 Å². The summed E-state index contributed by atoms with van der Waals surface area (Å²) in [5.74, 6) is 0. The lowest BCUT2D eigenvalue weighted by molar-refractivity contribution is 0.116. The van der Waals surface area contributed by atoms with Gasteiger partial charge in [0.2, 0.25) is 0 Å². The number of rotatable bonds is 3. The van der Waals surface area contributed by atoms with Crippen LogP contribution in [-0.2, 0) is 0 Å². The van der Waals surface area contributed by atoms with Gasteiger partial charge < -0.3 is 5.11 Å². The van der Waals surface area contributed by atoms with Gasteiger partial charge in [0.1, 0.15) is 0 Å². The summed E-state index contributed by atoms with van der Waals surface area (Å²) in [6.45, 7) is 8.46. The molecule has 0 heterocycles. The summed E-state index contributed by atoms with van der Waals surface area (Å²) >= 11 is 0. The van der Waals surface area contributed by atoms with Crippen molar-refractivity contribution in [2.75, 3.05) is 0 Å². The first kappa shape index (κ1) is 15.5. The van der Waals surface area contributed by atoms with Gasteiger partial charge >= 0.3 is 0 Å². The lowest BCUT2D eigenvalue weighted by Gasteiger charge is -2.35. The van der Waals surface area contributed by atoms with Gasteiger partial charge in [-0.1, -0.05) is 49.3 Å². The Balaban J connectivity index is 2.91. The zero-order chi connectivity index (χ0) is 14.5. The van der Waals surface area contributed by atoms with Gasteiger partial charge in [-0.25, -0.2) is 0 Å². The highest BCUT2D eigenvalue weighted by Crippen LogP contribution is 2.40. The Morgan fingerprint density at radius 2 is 2.16 bits per heavy atom. The van der Waals surface area contributed by atoms with Crippen LogP contribution >= 0.6 is 0 Å². The maximum absolute atomic E-state index is 9.84. The van der Waals surface area contributed by atoms with E-state index in [2.05, 4.69) is 32.9 Å². The maximum atomic E-state index is 9.84. The third kappa shape index (κ3) is 4.54. The predicted molar refractivity (Wildman–Crippen MR) is 79.4 cm³/mol. The van der Waals surface area contributed by atoms with E-state index in [1.807, 2.05) is 19.1 Å². The lowest BCUT2D eigenvalue weighted by Crippen LogP contribution is -2.28. The molecule has 0 fully saturated rings. The zero-order valence-electron chi connectivity index (χ0n) is 12.3. The van der Waals surface area contributed by atoms with Crippen molar-refractivity contribution in [2.24, 2.45) is 5.41 Å². The molecule has 1 aliphatic rings. The third-order valence-electron chi connectivity index (χ3n) is 3.52. The molecule has 2 heteroatoms. The molecule has 0 bridgehead atoms. The average molecular weight is 257 g/mol. The van der Waals surface area contributed by atoms with Gasteiger partial charge in [0.15, 0.2) is 0 Å². The van der Waals surface area contributed by atoms with Crippen LogP contribution in [0.25, 0.3) is 0 Å². The predicted octanol–water partition coefficient (Wildman–Crippen LogP) is 4.07. The normalized spacial score (nSPS) is 24.2. The Morgan fingerprint density at radius 1 is 1.47 bits per heavy atom. The average Bonchev–Trinajstić information content (AvgIpc) is 2.26. The lowest BCUT2D eigenvalue weighted by atomic mass is 9.71. The number of aliphatic hydroxyl groups excluding tert-OH is 1. The summed E-state index contributed by atoms with van der Waals surface area (Å²) < 4.78 is 0. The minimum absolute atomic E-state index is 0.0149. The SMILES string of the molecule is CC1=C(/C=C/C(C)=C/C=C/C#N)C(C)(C)CC(O)C1. The molecule has 0 saturated heterocycles. The van der Waals surface area contributed by atoms with Crippen molar-refractivity contribution in [3.05, 3.63) is 47.1 Å². The van der Waals surface area contributed by atoms with E-state index in [0.29, 0.717) is 0 Å². The Bertz CT molecular complexity index is 484. The van der Waals surface area contributed by atoms with E-state index in [-0.39, 0.29) is 11.5 Å². The number of allylic oxidation sites excluding steroid dienone is 7. The van der Waals surface area contributed by atoms with Gasteiger partial charge in [0, 0.05) is 6.08 Å². The van der Waals surface area contributed by atoms with Crippen LogP contribution in [0.4, 0.5) is 0 Å². The number of hydrogen-bond donors (Lipinski definition) is 1. The van der Waals surface area contributed by atoms with Gasteiger partial charge in [0.25, 0.3) is 0 Å². The van der Waals surface area contributed by atoms with Gasteiger partial charge in [-0.05, 0) is 37.7 Å². The summed E-state index contributed by atoms with van der Waals surface area (Å²) in [5.41, 5.74) is 3.70. The molecule has 0 aliphatic heterocycles. The number of nitrogens with zero attached hydrogens (tertiary/aromatic N) is 1. The highest BCUT2D eigenvalue weighted by molar-refractivity contribution is 5.37. The highest BCUT2D eigenvalue weighted by Gasteiger charge is 2.31. The van der Waals surface area contributed by atoms with E-state index >= 15 is 0 Å². The van der Waals surface area contributed by atoms with Gasteiger partial charge in [0.05, 0.1) is 12.2 Å². The molecule has 0 spiro atoms. The molecule has 19 heavy (non-hydrogen) atoms. The van der Waals surface area contributed by atoms with Crippen molar-refractivity contribution in [2.45, 2.75) is 46.6 Å². The van der Waals surface area contributed by atoms with E-state index in [0.717, 1.165) is 18.4 Å². The first-order chi connectivity index (χ1) is 8.86. The van der Waals surface area contributed by atoms with Crippen molar-refractivity contribution in [1.29, 1.82) is 5.26 Å². The summed E-state index contributed by atoms with van der Waals surface area (Å²) in [5, 5.41) is 18.3. The quantitative estimate of drug-likeness (QED) is 0.612. The fourth-order valence-corrected chi connectivity index (χ4v) is 2.69. The number of aliphatic hydroxyl groups is 1. The molecule has 1 N–H and O–H groups in total. The van der Waals surface area contributed by atoms with E-state index in [4.69, 9.17) is 5.26 Å². The largest absolute Gasteiger partial charge is 0.393 e. The molecule has 1 rings (SSSR count). The topological polar surface area (TPSA) is 44.0 Å². The Kier molecular flexibility index (Phi) is 5.32. The Hall–Kier alpha value is -1.59. The highest BCUT2D eigenvalue weighted by atomic mass is 16.3. The molecular formula is C17H23NO. The third-order valence-corrected chi connectivity index (χ3v) is 3.52. The zero-order valence-corrected chi connectivity index (χ0v) is 12.3. The first-order valence-corrected chi connectivity index (χ1v) is 6.66. The number of nitriles is 1. The molecule has 1 aliphatic carbocycles.